The van der Waals surface area contributed by atoms with Crippen LogP contribution < -0.4 is 10.2 Å². The Hall–Kier alpha value is -2.42. The van der Waals surface area contributed by atoms with Gasteiger partial charge in [0.15, 0.2) is 0 Å². The number of hydrogen-bond acceptors (Lipinski definition) is 6. The molecule has 8 heteroatoms. The number of ether oxygens (including phenoxy) is 1. The molecule has 1 aromatic heterocycles. The minimum atomic E-state index is -0.529. The van der Waals surface area contributed by atoms with Crippen LogP contribution in [0.4, 0.5) is 5.69 Å². The zero-order valence-electron chi connectivity index (χ0n) is 17.9. The number of benzene rings is 1. The van der Waals surface area contributed by atoms with Crippen LogP contribution in [0.1, 0.15) is 17.8 Å². The van der Waals surface area contributed by atoms with Crippen molar-refractivity contribution in [1.29, 1.82) is 0 Å². The summed E-state index contributed by atoms with van der Waals surface area (Å²) in [6.45, 7) is 7.56. The summed E-state index contributed by atoms with van der Waals surface area (Å²) in [5.41, 5.74) is 1.24. The second kappa shape index (κ2) is 10.3. The molecule has 2 aliphatic heterocycles. The number of rotatable bonds is 5. The van der Waals surface area contributed by atoms with Gasteiger partial charge >= 0.3 is 11.8 Å². The first kappa shape index (κ1) is 21.8. The average Bonchev–Trinajstić information content (AvgIpc) is 3.34. The number of amides is 2. The fourth-order valence-corrected chi connectivity index (χ4v) is 5.32. The summed E-state index contributed by atoms with van der Waals surface area (Å²) in [5.74, 6) is -0.993. The van der Waals surface area contributed by atoms with Crippen molar-refractivity contribution in [1.82, 2.24) is 15.1 Å². The lowest BCUT2D eigenvalue weighted by molar-refractivity contribution is -0.149. The summed E-state index contributed by atoms with van der Waals surface area (Å²) in [5, 5.41) is 5.05. The van der Waals surface area contributed by atoms with Crippen LogP contribution in [0.25, 0.3) is 0 Å². The van der Waals surface area contributed by atoms with E-state index in [1.165, 1.54) is 10.6 Å². The Labute approximate surface area is 187 Å². The highest BCUT2D eigenvalue weighted by Crippen LogP contribution is 2.30. The van der Waals surface area contributed by atoms with E-state index in [0.717, 1.165) is 26.2 Å². The minimum Gasteiger partial charge on any atom is -0.378 e. The third-order valence-electron chi connectivity index (χ3n) is 5.99. The molecule has 0 saturated carbocycles. The van der Waals surface area contributed by atoms with Crippen LogP contribution in [0.2, 0.25) is 0 Å². The van der Waals surface area contributed by atoms with Crippen molar-refractivity contribution >= 4 is 28.8 Å². The number of carbonyl (C=O) groups is 2. The lowest BCUT2D eigenvalue weighted by atomic mass is 10.0. The van der Waals surface area contributed by atoms with E-state index in [1.54, 1.807) is 16.2 Å². The van der Waals surface area contributed by atoms with E-state index in [-0.39, 0.29) is 12.1 Å². The highest BCUT2D eigenvalue weighted by molar-refractivity contribution is 7.10. The number of para-hydroxylation sites is 1. The van der Waals surface area contributed by atoms with E-state index in [1.807, 2.05) is 19.1 Å². The van der Waals surface area contributed by atoms with Crippen LogP contribution in [0, 0.1) is 0 Å². The van der Waals surface area contributed by atoms with E-state index in [2.05, 4.69) is 50.8 Å². The Bertz CT molecular complexity index is 847. The largest absolute Gasteiger partial charge is 0.378 e. The Morgan fingerprint density at radius 3 is 2.32 bits per heavy atom. The maximum atomic E-state index is 12.7. The molecule has 2 amide bonds. The smallest absolute Gasteiger partial charge is 0.312 e. The molecule has 2 aromatic rings. The molecule has 0 radical (unpaired) electrons. The predicted octanol–water partition coefficient (Wildman–Crippen LogP) is 1.97. The van der Waals surface area contributed by atoms with Crippen molar-refractivity contribution in [3.8, 4) is 0 Å². The lowest BCUT2D eigenvalue weighted by Gasteiger charge is -2.42. The van der Waals surface area contributed by atoms with Gasteiger partial charge in [0, 0.05) is 55.9 Å². The summed E-state index contributed by atoms with van der Waals surface area (Å²) in [6.07, 6.45) is 0. The van der Waals surface area contributed by atoms with Crippen molar-refractivity contribution in [2.24, 2.45) is 0 Å². The molecule has 1 aromatic carbocycles. The van der Waals surface area contributed by atoms with Crippen molar-refractivity contribution in [3.63, 3.8) is 0 Å². The number of hydrogen-bond donors (Lipinski definition) is 1. The second-order valence-corrected chi connectivity index (χ2v) is 8.96. The molecule has 2 saturated heterocycles. The van der Waals surface area contributed by atoms with Gasteiger partial charge in [-0.15, -0.1) is 11.3 Å². The zero-order chi connectivity index (χ0) is 21.6. The molecule has 1 N–H and O–H groups in total. The first-order valence-corrected chi connectivity index (χ1v) is 11.8. The summed E-state index contributed by atoms with van der Waals surface area (Å²) in [4.78, 5) is 32.8. The number of nitrogens with zero attached hydrogens (tertiary/aromatic N) is 3. The van der Waals surface area contributed by atoms with Crippen LogP contribution in [-0.2, 0) is 14.3 Å². The molecule has 2 atom stereocenters. The molecule has 0 aliphatic carbocycles. The number of morpholine rings is 1. The average molecular weight is 443 g/mol. The molecule has 0 spiro atoms. The van der Waals surface area contributed by atoms with Crippen LogP contribution in [-0.4, -0.2) is 80.1 Å². The monoisotopic (exact) mass is 442 g/mol. The number of carbonyl (C=O) groups excluding carboxylic acids is 2. The molecular weight excluding hydrogens is 412 g/mol. The Morgan fingerprint density at radius 2 is 1.68 bits per heavy atom. The molecule has 3 heterocycles. The van der Waals surface area contributed by atoms with Crippen molar-refractivity contribution in [2.75, 3.05) is 57.4 Å². The third kappa shape index (κ3) is 5.26. The standard InChI is InChI=1S/C23H30N4O3S/c1-18(24-22(28)23(29)27-13-15-30-16-14-27)21(20-8-5-17-31-20)26-11-9-25(10-12-26)19-6-3-2-4-7-19/h2-8,17-18,21H,9-16H2,1H3,(H,24,28). The second-order valence-electron chi connectivity index (χ2n) is 7.99. The van der Waals surface area contributed by atoms with Gasteiger partial charge in [0.2, 0.25) is 0 Å². The molecule has 7 nitrogen and oxygen atoms in total. The van der Waals surface area contributed by atoms with Gasteiger partial charge in [0.05, 0.1) is 19.3 Å². The van der Waals surface area contributed by atoms with Gasteiger partial charge in [-0.3, -0.25) is 14.5 Å². The summed E-state index contributed by atoms with van der Waals surface area (Å²) < 4.78 is 5.28. The van der Waals surface area contributed by atoms with Crippen molar-refractivity contribution in [2.45, 2.75) is 19.0 Å². The molecule has 2 unspecified atom stereocenters. The van der Waals surface area contributed by atoms with E-state index in [0.29, 0.717) is 26.3 Å². The third-order valence-corrected chi connectivity index (χ3v) is 6.93. The number of piperazine rings is 1. The van der Waals surface area contributed by atoms with Gasteiger partial charge in [0.25, 0.3) is 0 Å². The van der Waals surface area contributed by atoms with Crippen LogP contribution in [0.15, 0.2) is 47.8 Å². The van der Waals surface area contributed by atoms with E-state index >= 15 is 0 Å². The Kier molecular flexibility index (Phi) is 7.21. The van der Waals surface area contributed by atoms with Gasteiger partial charge < -0.3 is 19.9 Å². The molecule has 166 valence electrons. The summed E-state index contributed by atoms with van der Waals surface area (Å²) >= 11 is 1.70. The Balaban J connectivity index is 1.41. The van der Waals surface area contributed by atoms with E-state index in [4.69, 9.17) is 4.74 Å². The topological polar surface area (TPSA) is 65.1 Å². The normalized spacial score (nSPS) is 19.6. The zero-order valence-corrected chi connectivity index (χ0v) is 18.7. The highest BCUT2D eigenvalue weighted by atomic mass is 32.1. The van der Waals surface area contributed by atoms with Crippen molar-refractivity contribution < 1.29 is 14.3 Å². The molecule has 4 rings (SSSR count). The Morgan fingerprint density at radius 1 is 0.968 bits per heavy atom. The molecule has 0 bridgehead atoms. The summed E-state index contributed by atoms with van der Waals surface area (Å²) in [7, 11) is 0. The highest BCUT2D eigenvalue weighted by Gasteiger charge is 2.33. The predicted molar refractivity (Wildman–Crippen MR) is 122 cm³/mol. The SMILES string of the molecule is CC(NC(=O)C(=O)N1CCOCC1)C(c1cccs1)N1CCN(c2ccccc2)CC1. The van der Waals surface area contributed by atoms with Gasteiger partial charge in [-0.25, -0.2) is 0 Å². The number of thiophene rings is 1. The minimum absolute atomic E-state index is 0.0411. The molecule has 31 heavy (non-hydrogen) atoms. The van der Waals surface area contributed by atoms with E-state index in [9.17, 15) is 9.59 Å². The fraction of sp³-hybridized carbons (Fsp3) is 0.478. The van der Waals surface area contributed by atoms with Crippen LogP contribution in [0.5, 0.6) is 0 Å². The van der Waals surface area contributed by atoms with Crippen molar-refractivity contribution in [3.05, 3.63) is 52.7 Å². The van der Waals surface area contributed by atoms with Crippen LogP contribution >= 0.6 is 11.3 Å². The van der Waals surface area contributed by atoms with Crippen LogP contribution in [0.3, 0.4) is 0 Å². The van der Waals surface area contributed by atoms with Gasteiger partial charge in [0.1, 0.15) is 0 Å². The lowest BCUT2D eigenvalue weighted by Crippen LogP contribution is -2.54. The number of nitrogens with one attached hydrogen (secondary N) is 1. The first-order valence-electron chi connectivity index (χ1n) is 10.9. The molecule has 2 aliphatic rings. The van der Waals surface area contributed by atoms with Gasteiger partial charge in [-0.1, -0.05) is 24.3 Å². The van der Waals surface area contributed by atoms with Gasteiger partial charge in [-0.2, -0.15) is 0 Å². The fourth-order valence-electron chi connectivity index (χ4n) is 4.36. The molecular formula is C23H30N4O3S. The van der Waals surface area contributed by atoms with E-state index < -0.39 is 11.8 Å². The quantitative estimate of drug-likeness (QED) is 0.718. The maximum Gasteiger partial charge on any atom is 0.312 e. The van der Waals surface area contributed by atoms with Gasteiger partial charge in [-0.05, 0) is 30.5 Å². The molecule has 2 fully saturated rings. The first-order chi connectivity index (χ1) is 15.1. The number of anilines is 1. The maximum absolute atomic E-state index is 12.7. The summed E-state index contributed by atoms with van der Waals surface area (Å²) in [6, 6.07) is 14.5.